The largest absolute Gasteiger partial charge is 0.458 e. The van der Waals surface area contributed by atoms with Crippen molar-refractivity contribution in [3.63, 3.8) is 0 Å². The van der Waals surface area contributed by atoms with Crippen LogP contribution < -0.4 is 5.32 Å². The molecule has 0 bridgehead atoms. The summed E-state index contributed by atoms with van der Waals surface area (Å²) in [6, 6.07) is 4.07. The minimum Gasteiger partial charge on any atom is -0.458 e. The Bertz CT molecular complexity index is 905. The van der Waals surface area contributed by atoms with E-state index in [2.05, 4.69) is 59.2 Å². The van der Waals surface area contributed by atoms with Crippen LogP contribution in [-0.4, -0.2) is 29.8 Å². The van der Waals surface area contributed by atoms with Gasteiger partial charge in [-0.1, -0.05) is 11.6 Å². The van der Waals surface area contributed by atoms with Crippen LogP contribution in [0.5, 0.6) is 0 Å². The number of anilines is 1. The Kier molecular flexibility index (Phi) is 4.07. The maximum atomic E-state index is 10.4. The van der Waals surface area contributed by atoms with Gasteiger partial charge in [-0.3, -0.25) is 4.90 Å². The van der Waals surface area contributed by atoms with Gasteiger partial charge in [-0.2, -0.15) is 0 Å². The van der Waals surface area contributed by atoms with Crippen LogP contribution in [0, 0.1) is 0 Å². The molecule has 26 heavy (non-hydrogen) atoms. The Morgan fingerprint density at radius 1 is 1.46 bits per heavy atom. The van der Waals surface area contributed by atoms with E-state index in [4.69, 9.17) is 4.42 Å². The third-order valence-corrected chi connectivity index (χ3v) is 6.52. The maximum absolute atomic E-state index is 10.4. The van der Waals surface area contributed by atoms with Crippen molar-refractivity contribution in [2.75, 3.05) is 18.9 Å². The first-order valence-corrected chi connectivity index (χ1v) is 10.0. The quantitative estimate of drug-likeness (QED) is 0.680. The molecule has 2 aromatic rings. The number of nitrogens with zero attached hydrogens (tertiary/aromatic N) is 1. The average Bonchev–Trinajstić information content (AvgIpc) is 3.17. The second-order valence-electron chi connectivity index (χ2n) is 8.62. The Labute approximate surface area is 163 Å². The Hall–Kier alpha value is -1.30. The molecule has 0 spiro atoms. The molecule has 2 aliphatic rings. The van der Waals surface area contributed by atoms with E-state index in [1.54, 1.807) is 13.8 Å². The third kappa shape index (κ3) is 2.55. The summed E-state index contributed by atoms with van der Waals surface area (Å²) in [7, 11) is 2.18. The zero-order chi connectivity index (χ0) is 18.9. The van der Waals surface area contributed by atoms with Crippen LogP contribution in [0.4, 0.5) is 5.69 Å². The number of benzene rings is 1. The van der Waals surface area contributed by atoms with Crippen LogP contribution >= 0.6 is 15.9 Å². The molecule has 0 aliphatic carbocycles. The van der Waals surface area contributed by atoms with Crippen LogP contribution in [0.25, 0.3) is 11.0 Å². The average molecular weight is 419 g/mol. The number of fused-ring (bicyclic) bond motifs is 5. The van der Waals surface area contributed by atoms with Gasteiger partial charge in [0.1, 0.15) is 16.9 Å². The highest BCUT2D eigenvalue weighted by Crippen LogP contribution is 2.56. The minimum absolute atomic E-state index is 0.0158. The zero-order valence-electron chi connectivity index (χ0n) is 16.1. The number of halogens is 1. The molecule has 5 heteroatoms. The van der Waals surface area contributed by atoms with Crippen molar-refractivity contribution in [1.82, 2.24) is 4.90 Å². The van der Waals surface area contributed by atoms with Crippen molar-refractivity contribution >= 4 is 32.6 Å². The van der Waals surface area contributed by atoms with E-state index in [1.807, 2.05) is 6.07 Å². The Balaban J connectivity index is 1.99. The van der Waals surface area contributed by atoms with Crippen LogP contribution in [-0.2, 0) is 11.0 Å². The number of hydrogen-bond donors (Lipinski definition) is 2. The highest BCUT2D eigenvalue weighted by molar-refractivity contribution is 9.10. The lowest BCUT2D eigenvalue weighted by atomic mass is 9.75. The van der Waals surface area contributed by atoms with Gasteiger partial charge in [0, 0.05) is 27.4 Å². The zero-order valence-corrected chi connectivity index (χ0v) is 17.7. The van der Waals surface area contributed by atoms with E-state index in [0.717, 1.165) is 40.5 Å². The van der Waals surface area contributed by atoms with Gasteiger partial charge >= 0.3 is 0 Å². The predicted octanol–water partition coefficient (Wildman–Crippen LogP) is 5.10. The minimum atomic E-state index is -0.997. The molecule has 3 heterocycles. The summed E-state index contributed by atoms with van der Waals surface area (Å²) in [6.07, 6.45) is 4.66. The topological polar surface area (TPSA) is 48.6 Å². The first kappa shape index (κ1) is 18.1. The molecule has 2 unspecified atom stereocenters. The molecule has 0 amide bonds. The number of furan rings is 1. The van der Waals surface area contributed by atoms with Gasteiger partial charge in [-0.25, -0.2) is 0 Å². The molecule has 1 aromatic carbocycles. The maximum Gasteiger partial charge on any atom is 0.140 e. The number of hydrogen-bond acceptors (Lipinski definition) is 4. The summed E-state index contributed by atoms with van der Waals surface area (Å²) in [6.45, 7) is 8.90. The summed E-state index contributed by atoms with van der Waals surface area (Å²) in [4.78, 5) is 2.40. The standard InChI is InChI=1S/C21H27BrN2O2/c1-12(2)6-7-21-8-9-24(5)19(21)23-17-14(22)10-13-11-15(20(3,4)25)26-18(13)16(17)21/h6,10-11,19,23,25H,7-9H2,1-5H3. The SMILES string of the molecule is CC(C)=CCC12CCN(C)C1Nc1c(Br)cc3cc(C(C)(C)O)oc3c12. The van der Waals surface area contributed by atoms with Crippen LogP contribution in [0.2, 0.25) is 0 Å². The molecular formula is C21H27BrN2O2. The highest BCUT2D eigenvalue weighted by atomic mass is 79.9. The van der Waals surface area contributed by atoms with E-state index in [1.165, 1.54) is 11.1 Å². The fraction of sp³-hybridized carbons (Fsp3) is 0.524. The van der Waals surface area contributed by atoms with E-state index >= 15 is 0 Å². The Morgan fingerprint density at radius 3 is 2.85 bits per heavy atom. The lowest BCUT2D eigenvalue weighted by molar-refractivity contribution is 0.0558. The molecule has 140 valence electrons. The highest BCUT2D eigenvalue weighted by Gasteiger charge is 2.54. The first-order chi connectivity index (χ1) is 12.1. The summed E-state index contributed by atoms with van der Waals surface area (Å²) in [5, 5.41) is 15.2. The van der Waals surface area contributed by atoms with Crippen molar-refractivity contribution < 1.29 is 9.52 Å². The van der Waals surface area contributed by atoms with Crippen molar-refractivity contribution in [3.05, 3.63) is 39.6 Å². The van der Waals surface area contributed by atoms with Crippen LogP contribution in [0.15, 0.2) is 32.7 Å². The lowest BCUT2D eigenvalue weighted by Gasteiger charge is -2.30. The predicted molar refractivity (Wildman–Crippen MR) is 110 cm³/mol. The number of likely N-dealkylation sites (tertiary alicyclic amines) is 1. The second kappa shape index (κ2) is 5.85. The van der Waals surface area contributed by atoms with Crippen molar-refractivity contribution in [3.8, 4) is 0 Å². The molecule has 0 saturated carbocycles. The fourth-order valence-corrected chi connectivity index (χ4v) is 5.04. The van der Waals surface area contributed by atoms with Crippen molar-refractivity contribution in [1.29, 1.82) is 0 Å². The number of rotatable bonds is 3. The molecule has 2 N–H and O–H groups in total. The summed E-state index contributed by atoms with van der Waals surface area (Å²) in [5.74, 6) is 0.611. The lowest BCUT2D eigenvalue weighted by Crippen LogP contribution is -2.41. The number of aliphatic hydroxyl groups is 1. The monoisotopic (exact) mass is 418 g/mol. The number of likely N-dealkylation sites (N-methyl/N-ethyl adjacent to an activating group) is 1. The smallest absolute Gasteiger partial charge is 0.140 e. The molecular weight excluding hydrogens is 392 g/mol. The van der Waals surface area contributed by atoms with Gasteiger partial charge in [0.05, 0.1) is 11.9 Å². The van der Waals surface area contributed by atoms with Crippen LogP contribution in [0.1, 0.15) is 51.9 Å². The summed E-state index contributed by atoms with van der Waals surface area (Å²) < 4.78 is 7.31. The molecule has 2 atom stereocenters. The van der Waals surface area contributed by atoms with Crippen molar-refractivity contribution in [2.24, 2.45) is 0 Å². The van der Waals surface area contributed by atoms with Crippen molar-refractivity contribution in [2.45, 2.75) is 57.7 Å². The van der Waals surface area contributed by atoms with Gasteiger partial charge in [0.2, 0.25) is 0 Å². The third-order valence-electron chi connectivity index (χ3n) is 5.89. The molecule has 2 aliphatic heterocycles. The van der Waals surface area contributed by atoms with E-state index in [-0.39, 0.29) is 11.6 Å². The van der Waals surface area contributed by atoms with Gasteiger partial charge in [-0.15, -0.1) is 0 Å². The van der Waals surface area contributed by atoms with Crippen LogP contribution in [0.3, 0.4) is 0 Å². The molecule has 4 nitrogen and oxygen atoms in total. The van der Waals surface area contributed by atoms with Gasteiger partial charge in [0.25, 0.3) is 0 Å². The number of allylic oxidation sites excluding steroid dienone is 2. The summed E-state index contributed by atoms with van der Waals surface area (Å²) >= 11 is 3.76. The Morgan fingerprint density at radius 2 is 2.19 bits per heavy atom. The molecule has 4 rings (SSSR count). The van der Waals surface area contributed by atoms with E-state index < -0.39 is 5.60 Å². The molecule has 1 fully saturated rings. The van der Waals surface area contributed by atoms with E-state index in [0.29, 0.717) is 5.76 Å². The van der Waals surface area contributed by atoms with E-state index in [9.17, 15) is 5.11 Å². The molecule has 1 saturated heterocycles. The number of nitrogens with one attached hydrogen (secondary N) is 1. The first-order valence-electron chi connectivity index (χ1n) is 9.23. The molecule has 1 aromatic heterocycles. The van der Waals surface area contributed by atoms with Gasteiger partial charge < -0.3 is 14.8 Å². The normalized spacial score (nSPS) is 25.3. The molecule has 0 radical (unpaired) electrons. The summed E-state index contributed by atoms with van der Waals surface area (Å²) in [5.41, 5.74) is 3.62. The van der Waals surface area contributed by atoms with Gasteiger partial charge in [0.15, 0.2) is 0 Å². The fourth-order valence-electron chi connectivity index (χ4n) is 4.48. The van der Waals surface area contributed by atoms with Gasteiger partial charge in [-0.05, 0) is 75.6 Å². The second-order valence-corrected chi connectivity index (χ2v) is 9.47.